The molecule has 0 saturated carbocycles. The number of hydrogen-bond donors (Lipinski definition) is 1. The van der Waals surface area contributed by atoms with Crippen LogP contribution in [-0.4, -0.2) is 79.5 Å². The second-order valence-corrected chi connectivity index (χ2v) is 12.9. The number of fused-ring (bicyclic) bond motifs is 1. The van der Waals surface area contributed by atoms with E-state index in [1.807, 2.05) is 35.2 Å². The zero-order valence-corrected chi connectivity index (χ0v) is 24.4. The molecule has 0 aliphatic carbocycles. The van der Waals surface area contributed by atoms with Gasteiger partial charge in [-0.2, -0.15) is 0 Å². The number of β-amino-alcohol motifs (C(OH)–C–C–N with tert-alkyl or cyclic N) is 1. The largest absolute Gasteiger partial charge is 0.466 e. The number of aliphatic hydroxyl groups excluding tert-OH is 1. The number of sulfonamides is 1. The van der Waals surface area contributed by atoms with Crippen molar-refractivity contribution in [3.63, 3.8) is 0 Å². The molecule has 1 aliphatic rings. The molecular weight excluding hydrogens is 534 g/mol. The van der Waals surface area contributed by atoms with Gasteiger partial charge in [-0.1, -0.05) is 18.2 Å². The van der Waals surface area contributed by atoms with Crippen LogP contribution in [0.3, 0.4) is 0 Å². The lowest BCUT2D eigenvalue weighted by Gasteiger charge is -2.25. The van der Waals surface area contributed by atoms with Gasteiger partial charge in [0.2, 0.25) is 10.0 Å². The molecule has 1 saturated heterocycles. The van der Waals surface area contributed by atoms with E-state index in [2.05, 4.69) is 0 Å². The highest BCUT2D eigenvalue weighted by molar-refractivity contribution is 7.89. The topological polar surface area (TPSA) is 118 Å². The van der Waals surface area contributed by atoms with Crippen LogP contribution in [0.4, 0.5) is 10.5 Å². The first-order valence-electron chi connectivity index (χ1n) is 13.3. The summed E-state index contributed by atoms with van der Waals surface area (Å²) in [6, 6.07) is 14.0. The highest BCUT2D eigenvalue weighted by atomic mass is 32.2. The summed E-state index contributed by atoms with van der Waals surface area (Å²) in [5.74, 6) is -0.477. The molecule has 0 unspecified atom stereocenters. The number of carbonyl (C=O) groups excluding carboxylic acids is 2. The highest BCUT2D eigenvalue weighted by Crippen LogP contribution is 2.38. The fraction of sp³-hybridized carbons (Fsp3) is 0.448. The van der Waals surface area contributed by atoms with Crippen molar-refractivity contribution in [3.8, 4) is 11.3 Å². The van der Waals surface area contributed by atoms with E-state index in [-0.39, 0.29) is 24.5 Å². The lowest BCUT2D eigenvalue weighted by molar-refractivity contribution is -0.143. The van der Waals surface area contributed by atoms with Crippen molar-refractivity contribution in [1.29, 1.82) is 0 Å². The molecule has 11 heteroatoms. The van der Waals surface area contributed by atoms with Gasteiger partial charge < -0.3 is 19.5 Å². The van der Waals surface area contributed by atoms with Crippen molar-refractivity contribution in [2.75, 3.05) is 38.2 Å². The third-order valence-corrected chi connectivity index (χ3v) is 8.53. The van der Waals surface area contributed by atoms with E-state index in [9.17, 15) is 23.1 Å². The third-order valence-electron chi connectivity index (χ3n) is 6.68. The first-order chi connectivity index (χ1) is 18.8. The Hall–Kier alpha value is -3.41. The number of aliphatic hydroxyl groups is 1. The molecule has 10 nitrogen and oxygen atoms in total. The van der Waals surface area contributed by atoms with E-state index in [0.717, 1.165) is 9.69 Å². The normalized spacial score (nSPS) is 16.1. The van der Waals surface area contributed by atoms with Crippen molar-refractivity contribution in [2.24, 2.45) is 0 Å². The maximum absolute atomic E-state index is 13.6. The molecule has 216 valence electrons. The van der Waals surface area contributed by atoms with Gasteiger partial charge in [0.05, 0.1) is 35.2 Å². The van der Waals surface area contributed by atoms with Crippen LogP contribution in [0, 0.1) is 0 Å². The summed E-state index contributed by atoms with van der Waals surface area (Å²) in [4.78, 5) is 27.4. The minimum absolute atomic E-state index is 0.0124. The number of aromatic nitrogens is 1. The van der Waals surface area contributed by atoms with E-state index < -0.39 is 33.8 Å². The number of anilines is 1. The van der Waals surface area contributed by atoms with Gasteiger partial charge >= 0.3 is 12.1 Å². The van der Waals surface area contributed by atoms with E-state index in [1.165, 1.54) is 17.7 Å². The molecule has 1 N–H and O–H groups in total. The predicted molar refractivity (Wildman–Crippen MR) is 153 cm³/mol. The zero-order chi connectivity index (χ0) is 29.2. The molecule has 1 aliphatic heterocycles. The number of carbonyl (C=O) groups is 2. The van der Waals surface area contributed by atoms with Crippen molar-refractivity contribution in [3.05, 3.63) is 48.5 Å². The molecule has 40 heavy (non-hydrogen) atoms. The highest BCUT2D eigenvalue weighted by Gasteiger charge is 2.30. The van der Waals surface area contributed by atoms with Crippen molar-refractivity contribution in [2.45, 2.75) is 57.1 Å². The Morgan fingerprint density at radius 2 is 1.85 bits per heavy atom. The molecular formula is C29H37N3O7S. The predicted octanol–water partition coefficient (Wildman–Crippen LogP) is 4.24. The molecule has 0 amide bonds. The van der Waals surface area contributed by atoms with Gasteiger partial charge in [-0.05, 0) is 64.4 Å². The summed E-state index contributed by atoms with van der Waals surface area (Å²) >= 11 is 0. The average Bonchev–Trinajstić information content (AvgIpc) is 3.49. The minimum Gasteiger partial charge on any atom is -0.466 e. The first kappa shape index (κ1) is 29.6. The zero-order valence-electron chi connectivity index (χ0n) is 23.6. The summed E-state index contributed by atoms with van der Waals surface area (Å²) in [6.07, 6.45) is -0.601. The summed E-state index contributed by atoms with van der Waals surface area (Å²) in [5, 5.41) is 11.0. The van der Waals surface area contributed by atoms with Crippen molar-refractivity contribution < 1.29 is 32.6 Å². The van der Waals surface area contributed by atoms with Gasteiger partial charge in [-0.3, -0.25) is 4.79 Å². The molecule has 3 aromatic rings. The number of rotatable bonds is 8. The van der Waals surface area contributed by atoms with Gasteiger partial charge in [0, 0.05) is 43.3 Å². The monoisotopic (exact) mass is 571 g/mol. The molecule has 0 spiro atoms. The maximum Gasteiger partial charge on any atom is 0.419 e. The van der Waals surface area contributed by atoms with Crippen molar-refractivity contribution >= 4 is 38.7 Å². The molecule has 1 fully saturated rings. The van der Waals surface area contributed by atoms with Gasteiger partial charge in [0.25, 0.3) is 0 Å². The Morgan fingerprint density at radius 1 is 1.12 bits per heavy atom. The van der Waals surface area contributed by atoms with Crippen LogP contribution in [-0.2, 0) is 24.3 Å². The fourth-order valence-electron chi connectivity index (χ4n) is 4.76. The SMILES string of the molecule is CCOC(=O)CCN(C)S(=O)(=O)c1ccc(N2CC[C@H](O)C2)c(-c2cc3ccccc3n2C(=O)OC(C)(C)C)c1. The number of para-hydroxylation sites is 1. The number of ether oxygens (including phenoxy) is 2. The molecule has 2 heterocycles. The van der Waals surface area contributed by atoms with Crippen LogP contribution in [0.2, 0.25) is 0 Å². The fourth-order valence-corrected chi connectivity index (χ4v) is 5.95. The Kier molecular flexibility index (Phi) is 8.57. The van der Waals surface area contributed by atoms with Gasteiger partial charge in [0.15, 0.2) is 0 Å². The third kappa shape index (κ3) is 6.32. The summed E-state index contributed by atoms with van der Waals surface area (Å²) in [7, 11) is -2.58. The molecule has 1 atom stereocenters. The van der Waals surface area contributed by atoms with Crippen LogP contribution >= 0.6 is 0 Å². The van der Waals surface area contributed by atoms with Crippen LogP contribution in [0.25, 0.3) is 22.2 Å². The van der Waals surface area contributed by atoms with E-state index in [4.69, 9.17) is 9.47 Å². The maximum atomic E-state index is 13.6. The molecule has 1 aromatic heterocycles. The van der Waals surface area contributed by atoms with Gasteiger partial charge in [-0.25, -0.2) is 22.1 Å². The summed E-state index contributed by atoms with van der Waals surface area (Å²) in [5.41, 5.74) is 1.54. The molecule has 4 rings (SSSR count). The average molecular weight is 572 g/mol. The smallest absolute Gasteiger partial charge is 0.419 e. The van der Waals surface area contributed by atoms with E-state index in [0.29, 0.717) is 42.0 Å². The summed E-state index contributed by atoms with van der Waals surface area (Å²) in [6.45, 7) is 8.17. The Labute approximate surface area is 235 Å². The van der Waals surface area contributed by atoms with Gasteiger partial charge in [-0.15, -0.1) is 0 Å². The molecule has 0 radical (unpaired) electrons. The standard InChI is InChI=1S/C29H37N3O7S/c1-6-38-27(34)14-15-30(5)40(36,37)22-11-12-25(31-16-13-21(33)19-31)23(18-22)26-17-20-9-7-8-10-24(20)32(26)28(35)39-29(2,3)4/h7-12,17-18,21,33H,6,13-16,19H2,1-5H3/t21-/m0/s1. The van der Waals surface area contributed by atoms with E-state index in [1.54, 1.807) is 39.8 Å². The van der Waals surface area contributed by atoms with Crippen LogP contribution in [0.5, 0.6) is 0 Å². The van der Waals surface area contributed by atoms with Crippen LogP contribution in [0.15, 0.2) is 53.4 Å². The number of nitrogens with zero attached hydrogens (tertiary/aromatic N) is 3. The molecule has 0 bridgehead atoms. The van der Waals surface area contributed by atoms with Gasteiger partial charge in [0.1, 0.15) is 5.60 Å². The second-order valence-electron chi connectivity index (χ2n) is 10.9. The second kappa shape index (κ2) is 11.6. The number of hydrogen-bond acceptors (Lipinski definition) is 8. The molecule has 2 aromatic carbocycles. The van der Waals surface area contributed by atoms with Crippen LogP contribution < -0.4 is 4.90 Å². The van der Waals surface area contributed by atoms with E-state index >= 15 is 0 Å². The quantitative estimate of drug-likeness (QED) is 0.399. The Balaban J connectivity index is 1.86. The first-order valence-corrected chi connectivity index (χ1v) is 14.8. The minimum atomic E-state index is -3.99. The van der Waals surface area contributed by atoms with Crippen molar-refractivity contribution in [1.82, 2.24) is 8.87 Å². The number of benzene rings is 2. The summed E-state index contributed by atoms with van der Waals surface area (Å²) < 4.78 is 40.4. The lowest BCUT2D eigenvalue weighted by Crippen LogP contribution is -2.30. The Bertz CT molecular complexity index is 1510. The lowest BCUT2D eigenvalue weighted by atomic mass is 10.1. The number of esters is 1. The van der Waals surface area contributed by atoms with Crippen LogP contribution in [0.1, 0.15) is 40.5 Å². The Morgan fingerprint density at radius 3 is 2.50 bits per heavy atom.